The molecule has 0 radical (unpaired) electrons. The summed E-state index contributed by atoms with van der Waals surface area (Å²) in [5.41, 5.74) is 6.07. The number of amides is 1. The lowest BCUT2D eigenvalue weighted by atomic mass is 10.0. The number of nitrogens with zero attached hydrogens (tertiary/aromatic N) is 4. The fraction of sp³-hybridized carbons (Fsp3) is 0.200. The number of aromatic nitrogens is 5. The van der Waals surface area contributed by atoms with Gasteiger partial charge >= 0.3 is 0 Å². The van der Waals surface area contributed by atoms with E-state index in [2.05, 4.69) is 32.5 Å². The summed E-state index contributed by atoms with van der Waals surface area (Å²) < 4.78 is 1.72. The maximum atomic E-state index is 12.9. The molecule has 5 aromatic heterocycles. The highest BCUT2D eigenvalue weighted by Crippen LogP contribution is 2.35. The molecule has 5 aromatic rings. The summed E-state index contributed by atoms with van der Waals surface area (Å²) in [6, 6.07) is 11.9. The van der Waals surface area contributed by atoms with Crippen LogP contribution in [0.2, 0.25) is 0 Å². The van der Waals surface area contributed by atoms with Crippen molar-refractivity contribution < 1.29 is 4.79 Å². The number of H-pyrrole nitrogens is 1. The Morgan fingerprint density at radius 3 is 2.88 bits per heavy atom. The number of fused-ring (bicyclic) bond motifs is 2. The summed E-state index contributed by atoms with van der Waals surface area (Å²) in [4.78, 5) is 25.1. The summed E-state index contributed by atoms with van der Waals surface area (Å²) in [5, 5.41) is 8.30. The van der Waals surface area contributed by atoms with Crippen LogP contribution in [0, 0.1) is 0 Å². The molecule has 32 heavy (non-hydrogen) atoms. The molecule has 0 spiro atoms. The summed E-state index contributed by atoms with van der Waals surface area (Å²) in [6.45, 7) is 0. The molecule has 2 N–H and O–H groups in total. The van der Waals surface area contributed by atoms with Crippen LogP contribution < -0.4 is 5.32 Å². The zero-order valence-corrected chi connectivity index (χ0v) is 17.5. The molecule has 7 nitrogen and oxygen atoms in total. The van der Waals surface area contributed by atoms with Crippen LogP contribution in [0.3, 0.4) is 0 Å². The molecule has 0 aliphatic heterocycles. The molecule has 0 unspecified atom stereocenters. The van der Waals surface area contributed by atoms with Crippen LogP contribution in [-0.2, 0) is 0 Å². The number of hydrogen-bond donors (Lipinski definition) is 2. The molecule has 5 heterocycles. The summed E-state index contributed by atoms with van der Waals surface area (Å²) in [7, 11) is 0. The van der Waals surface area contributed by atoms with E-state index in [9.17, 15) is 4.79 Å². The van der Waals surface area contributed by atoms with Crippen LogP contribution in [0.4, 0.5) is 5.69 Å². The van der Waals surface area contributed by atoms with E-state index in [1.165, 1.54) is 31.4 Å². The zero-order chi connectivity index (χ0) is 21.5. The highest BCUT2D eigenvalue weighted by atomic mass is 16.1. The quantitative estimate of drug-likeness (QED) is 0.418. The van der Waals surface area contributed by atoms with Crippen LogP contribution in [0.5, 0.6) is 0 Å². The van der Waals surface area contributed by atoms with E-state index in [4.69, 9.17) is 4.98 Å². The average Bonchev–Trinajstić information content (AvgIpc) is 3.58. The molecule has 0 bridgehead atoms. The van der Waals surface area contributed by atoms with Gasteiger partial charge in [-0.15, -0.1) is 0 Å². The molecule has 6 rings (SSSR count). The minimum Gasteiger partial charge on any atom is -0.346 e. The highest BCUT2D eigenvalue weighted by molar-refractivity contribution is 6.09. The number of rotatable bonds is 4. The average molecular weight is 422 g/mol. The predicted molar refractivity (Wildman–Crippen MR) is 124 cm³/mol. The van der Waals surface area contributed by atoms with Gasteiger partial charge in [0.25, 0.3) is 5.91 Å². The fourth-order valence-electron chi connectivity index (χ4n) is 4.67. The molecule has 1 aliphatic rings. The Bertz CT molecular complexity index is 1430. The number of hydrogen-bond acceptors (Lipinski definition) is 4. The summed E-state index contributed by atoms with van der Waals surface area (Å²) in [6.07, 6.45) is 13.8. The van der Waals surface area contributed by atoms with Crippen LogP contribution in [0.15, 0.2) is 67.4 Å². The SMILES string of the molecule is O=C(Nc1cccnc1)c1cnn2ccc(-c3c[nH]c4nc(C5CCCC5)ccc34)cc12. The molecular formula is C25H22N6O. The lowest BCUT2D eigenvalue weighted by Gasteiger charge is -2.08. The van der Waals surface area contributed by atoms with Gasteiger partial charge in [0.2, 0.25) is 0 Å². The Labute approximate surface area is 184 Å². The lowest BCUT2D eigenvalue weighted by Crippen LogP contribution is -2.11. The molecule has 7 heteroatoms. The van der Waals surface area contributed by atoms with Gasteiger partial charge in [0.15, 0.2) is 0 Å². The second kappa shape index (κ2) is 7.60. The van der Waals surface area contributed by atoms with Gasteiger partial charge in [0.05, 0.1) is 29.2 Å². The molecular weight excluding hydrogens is 400 g/mol. The van der Waals surface area contributed by atoms with Crippen LogP contribution in [-0.4, -0.2) is 30.5 Å². The van der Waals surface area contributed by atoms with Gasteiger partial charge in [-0.2, -0.15) is 5.10 Å². The van der Waals surface area contributed by atoms with Gasteiger partial charge in [0.1, 0.15) is 5.65 Å². The van der Waals surface area contributed by atoms with E-state index in [1.54, 1.807) is 35.2 Å². The molecule has 1 saturated carbocycles. The van der Waals surface area contributed by atoms with Crippen molar-refractivity contribution in [1.29, 1.82) is 0 Å². The van der Waals surface area contributed by atoms with Crippen molar-refractivity contribution in [2.24, 2.45) is 0 Å². The van der Waals surface area contributed by atoms with Crippen LogP contribution in [0.1, 0.15) is 47.7 Å². The first-order valence-corrected chi connectivity index (χ1v) is 10.9. The van der Waals surface area contributed by atoms with Gasteiger partial charge in [-0.05, 0) is 54.8 Å². The second-order valence-electron chi connectivity index (χ2n) is 8.32. The number of aromatic amines is 1. The monoisotopic (exact) mass is 422 g/mol. The third kappa shape index (κ3) is 3.22. The topological polar surface area (TPSA) is 88.0 Å². The number of anilines is 1. The van der Waals surface area contributed by atoms with Crippen LogP contribution >= 0.6 is 0 Å². The van der Waals surface area contributed by atoms with Gasteiger partial charge in [0, 0.05) is 41.2 Å². The first-order valence-electron chi connectivity index (χ1n) is 10.9. The van der Waals surface area contributed by atoms with Gasteiger partial charge in [-0.3, -0.25) is 9.78 Å². The first kappa shape index (κ1) is 18.7. The molecule has 0 saturated heterocycles. The Morgan fingerprint density at radius 1 is 1.12 bits per heavy atom. The standard InChI is InChI=1S/C25H22N6O/c32-25(29-18-6-3-10-26-13-18)21-15-28-31-11-9-17(12-23(21)31)20-14-27-24-19(20)7-8-22(30-24)16-4-1-2-5-16/h3,6-16H,1-2,4-5H2,(H,27,30)(H,29,32). The largest absolute Gasteiger partial charge is 0.346 e. The fourth-order valence-corrected chi connectivity index (χ4v) is 4.67. The first-order chi connectivity index (χ1) is 15.8. The van der Waals surface area contributed by atoms with Crippen molar-refractivity contribution in [2.75, 3.05) is 5.32 Å². The lowest BCUT2D eigenvalue weighted by molar-refractivity contribution is 0.102. The molecule has 1 fully saturated rings. The normalized spacial score (nSPS) is 14.4. The Kier molecular flexibility index (Phi) is 4.45. The van der Waals surface area contributed by atoms with E-state index in [-0.39, 0.29) is 5.91 Å². The minimum atomic E-state index is -0.216. The summed E-state index contributed by atoms with van der Waals surface area (Å²) in [5.74, 6) is 0.363. The van der Waals surface area contributed by atoms with Crippen molar-refractivity contribution in [3.8, 4) is 11.1 Å². The zero-order valence-electron chi connectivity index (χ0n) is 17.5. The second-order valence-corrected chi connectivity index (χ2v) is 8.32. The van der Waals surface area contributed by atoms with E-state index in [0.717, 1.165) is 27.7 Å². The predicted octanol–water partition coefficient (Wildman–Crippen LogP) is 5.18. The van der Waals surface area contributed by atoms with Gasteiger partial charge in [-0.25, -0.2) is 9.50 Å². The highest BCUT2D eigenvalue weighted by Gasteiger charge is 2.20. The van der Waals surface area contributed by atoms with E-state index >= 15 is 0 Å². The third-order valence-electron chi connectivity index (χ3n) is 6.33. The number of carbonyl (C=O) groups excluding carboxylic acids is 1. The summed E-state index contributed by atoms with van der Waals surface area (Å²) >= 11 is 0. The van der Waals surface area contributed by atoms with Gasteiger partial charge < -0.3 is 10.3 Å². The maximum Gasteiger partial charge on any atom is 0.259 e. The van der Waals surface area contributed by atoms with Crippen molar-refractivity contribution in [1.82, 2.24) is 24.6 Å². The Hall–Kier alpha value is -4.00. The molecule has 0 atom stereocenters. The van der Waals surface area contributed by atoms with Gasteiger partial charge in [-0.1, -0.05) is 12.8 Å². The minimum absolute atomic E-state index is 0.216. The molecule has 158 valence electrons. The number of carbonyl (C=O) groups is 1. The van der Waals surface area contributed by atoms with Crippen molar-refractivity contribution in [3.05, 3.63) is 78.6 Å². The van der Waals surface area contributed by atoms with Crippen molar-refractivity contribution in [2.45, 2.75) is 31.6 Å². The number of pyridine rings is 3. The smallest absolute Gasteiger partial charge is 0.259 e. The van der Waals surface area contributed by atoms with E-state index < -0.39 is 0 Å². The Morgan fingerprint density at radius 2 is 2.03 bits per heavy atom. The Balaban J connectivity index is 1.36. The molecule has 0 aromatic carbocycles. The van der Waals surface area contributed by atoms with Crippen LogP contribution in [0.25, 0.3) is 27.7 Å². The maximum absolute atomic E-state index is 12.9. The van der Waals surface area contributed by atoms with Crippen molar-refractivity contribution in [3.63, 3.8) is 0 Å². The third-order valence-corrected chi connectivity index (χ3v) is 6.33. The van der Waals surface area contributed by atoms with E-state index in [1.807, 2.05) is 24.5 Å². The molecule has 1 amide bonds. The number of nitrogens with one attached hydrogen (secondary N) is 2. The molecule has 1 aliphatic carbocycles. The van der Waals surface area contributed by atoms with E-state index in [0.29, 0.717) is 17.2 Å². The van der Waals surface area contributed by atoms with Crippen molar-refractivity contribution >= 4 is 28.1 Å².